The summed E-state index contributed by atoms with van der Waals surface area (Å²) in [5.74, 6) is -1.44. The van der Waals surface area contributed by atoms with Gasteiger partial charge in [-0.15, -0.1) is 0 Å². The lowest BCUT2D eigenvalue weighted by Crippen LogP contribution is -2.32. The molecule has 2 amide bonds. The van der Waals surface area contributed by atoms with Gasteiger partial charge in [0.15, 0.2) is 0 Å². The number of anilines is 1. The van der Waals surface area contributed by atoms with Gasteiger partial charge in [-0.05, 0) is 37.3 Å². The number of aryl methyl sites for hydroxylation is 1. The van der Waals surface area contributed by atoms with Crippen LogP contribution >= 0.6 is 11.6 Å². The second-order valence-corrected chi connectivity index (χ2v) is 7.00. The Kier molecular flexibility index (Phi) is 6.79. The number of amides is 2. The number of hydrogen-bond acceptors (Lipinski definition) is 4. The average molecular weight is 431 g/mol. The Labute approximate surface area is 176 Å². The summed E-state index contributed by atoms with van der Waals surface area (Å²) in [6.07, 6.45) is 0.250. The fraction of sp³-hybridized carbons (Fsp3) is 0.238. The van der Waals surface area contributed by atoms with E-state index < -0.39 is 17.3 Å². The van der Waals surface area contributed by atoms with E-state index in [9.17, 15) is 18.8 Å². The number of aromatic nitrogens is 2. The smallest absolute Gasteiger partial charge is 0.273 e. The average Bonchev–Trinajstić information content (AvgIpc) is 2.71. The molecule has 0 radical (unpaired) electrons. The van der Waals surface area contributed by atoms with Crippen molar-refractivity contribution in [3.63, 3.8) is 0 Å². The van der Waals surface area contributed by atoms with Crippen LogP contribution in [0, 0.1) is 5.82 Å². The van der Waals surface area contributed by atoms with Gasteiger partial charge >= 0.3 is 0 Å². The third-order valence-electron chi connectivity index (χ3n) is 4.39. The third-order valence-corrected chi connectivity index (χ3v) is 4.62. The topological polar surface area (TPSA) is 93.1 Å². The molecule has 2 N–H and O–H groups in total. The Bertz CT molecular complexity index is 1160. The maximum absolute atomic E-state index is 14.0. The molecule has 0 aliphatic rings. The molecular formula is C21H20ClFN4O3. The Morgan fingerprint density at radius 1 is 1.17 bits per heavy atom. The summed E-state index contributed by atoms with van der Waals surface area (Å²) >= 11 is 5.72. The maximum atomic E-state index is 14.0. The van der Waals surface area contributed by atoms with Crippen molar-refractivity contribution >= 4 is 40.1 Å². The lowest BCUT2D eigenvalue weighted by atomic mass is 10.2. The molecule has 0 fully saturated rings. The van der Waals surface area contributed by atoms with E-state index in [2.05, 4.69) is 15.6 Å². The van der Waals surface area contributed by atoms with Crippen molar-refractivity contribution in [3.05, 3.63) is 69.4 Å². The second kappa shape index (κ2) is 9.49. The molecule has 0 aliphatic carbocycles. The fourth-order valence-electron chi connectivity index (χ4n) is 3.01. The molecule has 156 valence electrons. The zero-order valence-corrected chi connectivity index (χ0v) is 17.0. The van der Waals surface area contributed by atoms with Crippen molar-refractivity contribution < 1.29 is 14.0 Å². The first-order chi connectivity index (χ1) is 14.4. The van der Waals surface area contributed by atoms with Crippen LogP contribution < -0.4 is 16.2 Å². The van der Waals surface area contributed by atoms with Crippen molar-refractivity contribution in [3.8, 4) is 0 Å². The number of carbonyl (C=O) groups excluding carboxylic acids is 2. The molecule has 3 rings (SSSR count). The number of rotatable bonds is 7. The van der Waals surface area contributed by atoms with Crippen LogP contribution in [0.3, 0.4) is 0 Å². The summed E-state index contributed by atoms with van der Waals surface area (Å²) < 4.78 is 15.2. The summed E-state index contributed by atoms with van der Waals surface area (Å²) in [6, 6.07) is 10.8. The summed E-state index contributed by atoms with van der Waals surface area (Å²) in [6.45, 7) is 1.97. The minimum absolute atomic E-state index is 0.0349. The van der Waals surface area contributed by atoms with Crippen molar-refractivity contribution in [2.24, 2.45) is 0 Å². The van der Waals surface area contributed by atoms with Crippen molar-refractivity contribution in [1.82, 2.24) is 14.9 Å². The maximum Gasteiger partial charge on any atom is 0.273 e. The molecule has 0 saturated heterocycles. The number of halogens is 2. The largest absolute Gasteiger partial charge is 0.356 e. The Balaban J connectivity index is 1.89. The van der Waals surface area contributed by atoms with E-state index in [1.54, 1.807) is 31.2 Å². The van der Waals surface area contributed by atoms with Gasteiger partial charge in [0.05, 0.1) is 16.7 Å². The molecule has 9 heteroatoms. The van der Waals surface area contributed by atoms with Crippen LogP contribution in [0.4, 0.5) is 10.1 Å². The number of fused-ring (bicyclic) bond motifs is 1. The summed E-state index contributed by atoms with van der Waals surface area (Å²) in [5, 5.41) is 5.33. The molecule has 1 heterocycles. The zero-order valence-electron chi connectivity index (χ0n) is 16.2. The number of hydrogen-bond donors (Lipinski definition) is 2. The van der Waals surface area contributed by atoms with E-state index in [0.717, 1.165) is 6.07 Å². The van der Waals surface area contributed by atoms with E-state index in [1.807, 2.05) is 0 Å². The van der Waals surface area contributed by atoms with Crippen molar-refractivity contribution in [1.29, 1.82) is 0 Å². The summed E-state index contributed by atoms with van der Waals surface area (Å²) in [4.78, 5) is 41.6. The second-order valence-electron chi connectivity index (χ2n) is 6.56. The molecule has 0 atom stereocenters. The fourth-order valence-corrected chi connectivity index (χ4v) is 3.17. The van der Waals surface area contributed by atoms with E-state index in [1.165, 1.54) is 16.7 Å². The van der Waals surface area contributed by atoms with Crippen LogP contribution in [0.25, 0.3) is 11.0 Å². The molecule has 2 aromatic carbocycles. The van der Waals surface area contributed by atoms with Crippen LogP contribution in [-0.4, -0.2) is 27.9 Å². The normalized spacial score (nSPS) is 10.8. The monoisotopic (exact) mass is 430 g/mol. The highest BCUT2D eigenvalue weighted by Gasteiger charge is 2.16. The first kappa shape index (κ1) is 21.4. The van der Waals surface area contributed by atoms with Gasteiger partial charge in [-0.25, -0.2) is 9.37 Å². The molecule has 0 spiro atoms. The lowest BCUT2D eigenvalue weighted by molar-refractivity contribution is -0.121. The SMILES string of the molecule is CCNC(=O)CCc1nc2ccccc2n(CC(=O)Nc2ccc(Cl)cc2F)c1=O. The van der Waals surface area contributed by atoms with Crippen molar-refractivity contribution in [2.75, 3.05) is 11.9 Å². The highest BCUT2D eigenvalue weighted by atomic mass is 35.5. The van der Waals surface area contributed by atoms with Gasteiger partial charge in [-0.2, -0.15) is 0 Å². The van der Waals surface area contributed by atoms with Crippen LogP contribution in [0.1, 0.15) is 19.0 Å². The Hall–Kier alpha value is -3.26. The highest BCUT2D eigenvalue weighted by molar-refractivity contribution is 6.30. The Morgan fingerprint density at radius 2 is 1.93 bits per heavy atom. The predicted octanol–water partition coefficient (Wildman–Crippen LogP) is 2.90. The van der Waals surface area contributed by atoms with E-state index in [4.69, 9.17) is 11.6 Å². The van der Waals surface area contributed by atoms with Gasteiger partial charge in [0.1, 0.15) is 18.1 Å². The van der Waals surface area contributed by atoms with E-state index in [0.29, 0.717) is 17.6 Å². The van der Waals surface area contributed by atoms with Crippen LogP contribution in [0.5, 0.6) is 0 Å². The quantitative estimate of drug-likeness (QED) is 0.602. The minimum Gasteiger partial charge on any atom is -0.356 e. The van der Waals surface area contributed by atoms with Gasteiger partial charge < -0.3 is 10.6 Å². The van der Waals surface area contributed by atoms with Gasteiger partial charge in [-0.1, -0.05) is 23.7 Å². The highest BCUT2D eigenvalue weighted by Crippen LogP contribution is 2.19. The molecule has 0 aliphatic heterocycles. The van der Waals surface area contributed by atoms with Gasteiger partial charge in [0, 0.05) is 24.4 Å². The number of para-hydroxylation sites is 2. The third kappa shape index (κ3) is 5.01. The molecule has 7 nitrogen and oxygen atoms in total. The standard InChI is InChI=1S/C21H20ClFN4O3/c1-2-24-19(28)10-9-17-21(30)27(18-6-4-3-5-16(18)25-17)12-20(29)26-15-8-7-13(22)11-14(15)23/h3-8,11H,2,9-10,12H2,1H3,(H,24,28)(H,26,29). The first-order valence-electron chi connectivity index (χ1n) is 9.39. The van der Waals surface area contributed by atoms with Gasteiger partial charge in [0.2, 0.25) is 11.8 Å². The number of nitrogens with one attached hydrogen (secondary N) is 2. The minimum atomic E-state index is -0.676. The van der Waals surface area contributed by atoms with E-state index >= 15 is 0 Å². The van der Waals surface area contributed by atoms with Crippen molar-refractivity contribution in [2.45, 2.75) is 26.3 Å². The molecule has 0 saturated carbocycles. The molecule has 0 bridgehead atoms. The van der Waals surface area contributed by atoms with E-state index in [-0.39, 0.29) is 41.7 Å². The van der Waals surface area contributed by atoms with Gasteiger partial charge in [0.25, 0.3) is 5.56 Å². The van der Waals surface area contributed by atoms with Crippen LogP contribution in [0.15, 0.2) is 47.3 Å². The summed E-state index contributed by atoms with van der Waals surface area (Å²) in [7, 11) is 0. The number of benzene rings is 2. The van der Waals surface area contributed by atoms with Crippen LogP contribution in [-0.2, 0) is 22.6 Å². The lowest BCUT2D eigenvalue weighted by Gasteiger charge is -2.13. The van der Waals surface area contributed by atoms with Crippen LogP contribution in [0.2, 0.25) is 5.02 Å². The zero-order chi connectivity index (χ0) is 21.7. The van der Waals surface area contributed by atoms with Gasteiger partial charge in [-0.3, -0.25) is 19.0 Å². The molecular weight excluding hydrogens is 411 g/mol. The molecule has 1 aromatic heterocycles. The Morgan fingerprint density at radius 3 is 2.67 bits per heavy atom. The molecule has 3 aromatic rings. The first-order valence-corrected chi connectivity index (χ1v) is 9.77. The number of carbonyl (C=O) groups is 2. The number of nitrogens with zero attached hydrogens (tertiary/aromatic N) is 2. The summed E-state index contributed by atoms with van der Waals surface area (Å²) in [5.41, 5.74) is 0.673. The predicted molar refractivity (Wildman–Crippen MR) is 113 cm³/mol. The molecule has 0 unspecified atom stereocenters. The molecule has 30 heavy (non-hydrogen) atoms.